The third-order valence-electron chi connectivity index (χ3n) is 2.31. The minimum atomic E-state index is -0.507. The SMILES string of the molecule is Cc1cc2c(NC(C)C(N)=O)nc(N)nc2s1. The number of amides is 1. The second kappa shape index (κ2) is 4.17. The molecule has 7 heteroatoms. The third kappa shape index (κ3) is 2.28. The highest BCUT2D eigenvalue weighted by molar-refractivity contribution is 7.18. The molecule has 1 amide bonds. The van der Waals surface area contributed by atoms with Crippen molar-refractivity contribution in [2.45, 2.75) is 19.9 Å². The fraction of sp³-hybridized carbons (Fsp3) is 0.300. The highest BCUT2D eigenvalue weighted by Crippen LogP contribution is 2.29. The molecule has 2 rings (SSSR count). The second-order valence-corrected chi connectivity index (χ2v) is 5.01. The van der Waals surface area contributed by atoms with Crippen LogP contribution in [0, 0.1) is 6.92 Å². The first-order valence-corrected chi connectivity index (χ1v) is 5.88. The molecule has 0 aromatic carbocycles. The first kappa shape index (κ1) is 11.6. The van der Waals surface area contributed by atoms with Crippen LogP contribution in [0.15, 0.2) is 6.07 Å². The molecule has 6 nitrogen and oxygen atoms in total. The van der Waals surface area contributed by atoms with Crippen molar-refractivity contribution < 1.29 is 4.79 Å². The van der Waals surface area contributed by atoms with E-state index in [4.69, 9.17) is 11.5 Å². The summed E-state index contributed by atoms with van der Waals surface area (Å²) in [6.07, 6.45) is 0. The Morgan fingerprint density at radius 3 is 2.88 bits per heavy atom. The fourth-order valence-electron chi connectivity index (χ4n) is 1.44. The van der Waals surface area contributed by atoms with Crippen molar-refractivity contribution >= 4 is 39.2 Å². The average molecular weight is 251 g/mol. The average Bonchev–Trinajstić information content (AvgIpc) is 2.58. The number of aromatic nitrogens is 2. The Labute approximate surface area is 102 Å². The van der Waals surface area contributed by atoms with Crippen LogP contribution < -0.4 is 16.8 Å². The summed E-state index contributed by atoms with van der Waals surface area (Å²) in [4.78, 5) is 21.2. The van der Waals surface area contributed by atoms with E-state index in [1.807, 2.05) is 13.0 Å². The molecular formula is C10H13N5OS. The van der Waals surface area contributed by atoms with Gasteiger partial charge in [0.25, 0.3) is 0 Å². The summed E-state index contributed by atoms with van der Waals surface area (Å²) >= 11 is 1.53. The summed E-state index contributed by atoms with van der Waals surface area (Å²) in [6, 6.07) is 1.45. The monoisotopic (exact) mass is 251 g/mol. The van der Waals surface area contributed by atoms with Crippen molar-refractivity contribution in [2.75, 3.05) is 11.1 Å². The molecule has 1 atom stereocenters. The summed E-state index contributed by atoms with van der Waals surface area (Å²) in [7, 11) is 0. The Balaban J connectivity index is 2.48. The molecule has 5 N–H and O–H groups in total. The zero-order valence-electron chi connectivity index (χ0n) is 9.52. The van der Waals surface area contributed by atoms with E-state index in [1.54, 1.807) is 6.92 Å². The van der Waals surface area contributed by atoms with E-state index < -0.39 is 11.9 Å². The summed E-state index contributed by atoms with van der Waals surface area (Å²) in [5, 5.41) is 3.80. The summed E-state index contributed by atoms with van der Waals surface area (Å²) < 4.78 is 0. The first-order valence-electron chi connectivity index (χ1n) is 5.07. The summed E-state index contributed by atoms with van der Waals surface area (Å²) in [5.74, 6) is 0.281. The minimum absolute atomic E-state index is 0.179. The molecule has 2 aromatic rings. The van der Waals surface area contributed by atoms with Gasteiger partial charge in [0.2, 0.25) is 11.9 Å². The number of thiophene rings is 1. The maximum Gasteiger partial charge on any atom is 0.239 e. The number of hydrogen-bond donors (Lipinski definition) is 3. The molecule has 0 aliphatic carbocycles. The van der Waals surface area contributed by atoms with Gasteiger partial charge in [-0.3, -0.25) is 4.79 Å². The van der Waals surface area contributed by atoms with Crippen molar-refractivity contribution in [1.82, 2.24) is 9.97 Å². The number of nitrogens with zero attached hydrogens (tertiary/aromatic N) is 2. The molecule has 0 saturated carbocycles. The molecule has 17 heavy (non-hydrogen) atoms. The van der Waals surface area contributed by atoms with Gasteiger partial charge < -0.3 is 16.8 Å². The van der Waals surface area contributed by atoms with Crippen molar-refractivity contribution in [2.24, 2.45) is 5.73 Å². The van der Waals surface area contributed by atoms with Gasteiger partial charge in [-0.05, 0) is 19.9 Å². The normalized spacial score (nSPS) is 12.6. The molecule has 0 bridgehead atoms. The zero-order chi connectivity index (χ0) is 12.6. The van der Waals surface area contributed by atoms with Gasteiger partial charge >= 0.3 is 0 Å². The van der Waals surface area contributed by atoms with Gasteiger partial charge in [0.1, 0.15) is 16.7 Å². The van der Waals surface area contributed by atoms with E-state index in [0.717, 1.165) is 15.1 Å². The standard InChI is InChI=1S/C10H13N5OS/c1-4-3-6-8(13-5(2)7(11)16)14-10(12)15-9(6)17-4/h3,5H,1-2H3,(H2,11,16)(H3,12,13,14,15). The number of carbonyl (C=O) groups excluding carboxylic acids is 1. The Hall–Kier alpha value is -1.89. The quantitative estimate of drug-likeness (QED) is 0.750. The van der Waals surface area contributed by atoms with Crippen molar-refractivity contribution in [3.8, 4) is 0 Å². The van der Waals surface area contributed by atoms with Crippen LogP contribution in [0.1, 0.15) is 11.8 Å². The number of primary amides is 1. The Morgan fingerprint density at radius 1 is 1.53 bits per heavy atom. The van der Waals surface area contributed by atoms with Crippen LogP contribution in [0.5, 0.6) is 0 Å². The molecule has 2 aromatic heterocycles. The lowest BCUT2D eigenvalue weighted by Crippen LogP contribution is -2.32. The van der Waals surface area contributed by atoms with Gasteiger partial charge in [0.05, 0.1) is 5.39 Å². The highest BCUT2D eigenvalue weighted by Gasteiger charge is 2.14. The second-order valence-electron chi connectivity index (χ2n) is 3.77. The number of hydrogen-bond acceptors (Lipinski definition) is 6. The largest absolute Gasteiger partial charge is 0.368 e. The molecular weight excluding hydrogens is 238 g/mol. The van der Waals surface area contributed by atoms with Gasteiger partial charge in [-0.2, -0.15) is 4.98 Å². The molecule has 1 unspecified atom stereocenters. The van der Waals surface area contributed by atoms with Crippen LogP contribution >= 0.6 is 11.3 Å². The number of rotatable bonds is 3. The molecule has 2 heterocycles. The van der Waals surface area contributed by atoms with E-state index in [1.165, 1.54) is 11.3 Å². The smallest absolute Gasteiger partial charge is 0.239 e. The topological polar surface area (TPSA) is 107 Å². The van der Waals surface area contributed by atoms with E-state index in [0.29, 0.717) is 5.82 Å². The molecule has 90 valence electrons. The third-order valence-corrected chi connectivity index (χ3v) is 3.26. The van der Waals surface area contributed by atoms with Gasteiger partial charge in [-0.1, -0.05) is 0 Å². The Bertz CT molecular complexity index is 579. The number of aryl methyl sites for hydroxylation is 1. The number of fused-ring (bicyclic) bond motifs is 1. The van der Waals surface area contributed by atoms with Gasteiger partial charge in [0, 0.05) is 4.88 Å². The van der Waals surface area contributed by atoms with Gasteiger partial charge in [-0.15, -0.1) is 11.3 Å². The van der Waals surface area contributed by atoms with Crippen LogP contribution in [0.3, 0.4) is 0 Å². The van der Waals surface area contributed by atoms with E-state index in [2.05, 4.69) is 15.3 Å². The van der Waals surface area contributed by atoms with Crippen LogP contribution in [0.2, 0.25) is 0 Å². The maximum absolute atomic E-state index is 11.0. The van der Waals surface area contributed by atoms with E-state index in [9.17, 15) is 4.79 Å². The predicted octanol–water partition coefficient (Wildman–Crippen LogP) is 0.868. The number of nitrogens with two attached hydrogens (primary N) is 2. The Kier molecular flexibility index (Phi) is 2.84. The number of anilines is 2. The Morgan fingerprint density at radius 2 is 2.24 bits per heavy atom. The predicted molar refractivity (Wildman–Crippen MR) is 68.8 cm³/mol. The highest BCUT2D eigenvalue weighted by atomic mass is 32.1. The molecule has 0 spiro atoms. The number of carbonyl (C=O) groups is 1. The molecule has 0 aliphatic heterocycles. The lowest BCUT2D eigenvalue weighted by Gasteiger charge is -2.11. The van der Waals surface area contributed by atoms with Crippen LogP contribution in [0.4, 0.5) is 11.8 Å². The molecule has 0 aliphatic rings. The van der Waals surface area contributed by atoms with Crippen molar-refractivity contribution in [1.29, 1.82) is 0 Å². The maximum atomic E-state index is 11.0. The number of nitrogens with one attached hydrogen (secondary N) is 1. The zero-order valence-corrected chi connectivity index (χ0v) is 10.3. The van der Waals surface area contributed by atoms with Crippen LogP contribution in [0.25, 0.3) is 10.2 Å². The van der Waals surface area contributed by atoms with E-state index >= 15 is 0 Å². The summed E-state index contributed by atoms with van der Waals surface area (Å²) in [5.41, 5.74) is 10.8. The molecule has 0 fully saturated rings. The lowest BCUT2D eigenvalue weighted by atomic mass is 10.3. The van der Waals surface area contributed by atoms with Gasteiger partial charge in [-0.25, -0.2) is 4.98 Å². The van der Waals surface area contributed by atoms with Crippen molar-refractivity contribution in [3.05, 3.63) is 10.9 Å². The first-order chi connectivity index (χ1) is 7.97. The number of nitrogen functional groups attached to an aromatic ring is 1. The fourth-order valence-corrected chi connectivity index (χ4v) is 2.33. The van der Waals surface area contributed by atoms with Crippen LogP contribution in [-0.2, 0) is 4.79 Å². The lowest BCUT2D eigenvalue weighted by molar-refractivity contribution is -0.118. The molecule has 0 saturated heterocycles. The van der Waals surface area contributed by atoms with E-state index in [-0.39, 0.29) is 5.95 Å². The van der Waals surface area contributed by atoms with Crippen molar-refractivity contribution in [3.63, 3.8) is 0 Å². The van der Waals surface area contributed by atoms with Crippen LogP contribution in [-0.4, -0.2) is 21.9 Å². The van der Waals surface area contributed by atoms with Gasteiger partial charge in [0.15, 0.2) is 0 Å². The minimum Gasteiger partial charge on any atom is -0.368 e. The molecule has 0 radical (unpaired) electrons. The summed E-state index contributed by atoms with van der Waals surface area (Å²) in [6.45, 7) is 3.65.